The number of ether oxygens (including phenoxy) is 1. The predicted molar refractivity (Wildman–Crippen MR) is 198 cm³/mol. The van der Waals surface area contributed by atoms with Crippen molar-refractivity contribution in [1.29, 1.82) is 0 Å². The summed E-state index contributed by atoms with van der Waals surface area (Å²) in [5.74, 6) is 1.36. The lowest BCUT2D eigenvalue weighted by molar-refractivity contribution is 0.259. The molecule has 0 N–H and O–H groups in total. The van der Waals surface area contributed by atoms with E-state index in [0.717, 1.165) is 39.1 Å². The molecule has 6 aromatic carbocycles. The van der Waals surface area contributed by atoms with E-state index in [1.165, 1.54) is 35.4 Å². The molecule has 0 saturated carbocycles. The highest BCUT2D eigenvalue weighted by Gasteiger charge is 2.37. The Kier molecular flexibility index (Phi) is 7.62. The Morgan fingerprint density at radius 2 is 1.00 bits per heavy atom. The summed E-state index contributed by atoms with van der Waals surface area (Å²) < 4.78 is 34.5. The van der Waals surface area contributed by atoms with Crippen LogP contribution in [-0.2, 0) is 0 Å². The zero-order valence-corrected chi connectivity index (χ0v) is 27.2. The topological polar surface area (TPSA) is 47.9 Å². The molecule has 2 heterocycles. The van der Waals surface area contributed by atoms with Crippen LogP contribution in [0.5, 0.6) is 5.75 Å². The van der Waals surface area contributed by atoms with Gasteiger partial charge in [0, 0.05) is 39.3 Å². The highest BCUT2D eigenvalue weighted by Crippen LogP contribution is 2.49. The van der Waals surface area contributed by atoms with E-state index < -0.39 is 0 Å². The van der Waals surface area contributed by atoms with Gasteiger partial charge in [0.1, 0.15) is 23.5 Å². The molecule has 7 aromatic rings. The Balaban J connectivity index is 1.06. The summed E-state index contributed by atoms with van der Waals surface area (Å²) in [6.45, 7) is 0. The fourth-order valence-corrected chi connectivity index (χ4v) is 6.90. The first-order valence-electron chi connectivity index (χ1n) is 16.8. The van der Waals surface area contributed by atoms with Gasteiger partial charge in [0.15, 0.2) is 17.5 Å². The standard InChI is InChI=1S/C45H29F2N3O/c46-35-23-19-31(20-24-35)43-48-44(32-21-25-36(47)26-22-32)50-45(49-43)34-10-4-9-33(27-34)38-12-6-14-40-39-13-5-11-37(41(39)51-42(38)40)30-17-15-29(16-18-30)28-7-2-1-3-8-28/h1-27,38,42H. The molecular weight excluding hydrogens is 637 g/mol. The molecule has 9 rings (SSSR count). The summed E-state index contributed by atoms with van der Waals surface area (Å²) in [7, 11) is 0. The molecule has 4 nitrogen and oxygen atoms in total. The maximum Gasteiger partial charge on any atom is 0.164 e. The fraction of sp³-hybridized carbons (Fsp3) is 0.0444. The van der Waals surface area contributed by atoms with Crippen LogP contribution in [0.15, 0.2) is 164 Å². The van der Waals surface area contributed by atoms with Crippen molar-refractivity contribution < 1.29 is 13.5 Å². The van der Waals surface area contributed by atoms with Crippen LogP contribution >= 0.6 is 0 Å². The van der Waals surface area contributed by atoms with Gasteiger partial charge in [-0.2, -0.15) is 0 Å². The van der Waals surface area contributed by atoms with E-state index in [0.29, 0.717) is 28.6 Å². The van der Waals surface area contributed by atoms with Crippen LogP contribution in [0.25, 0.3) is 62.0 Å². The first-order valence-corrected chi connectivity index (χ1v) is 16.8. The number of hydrogen-bond acceptors (Lipinski definition) is 4. The second-order valence-electron chi connectivity index (χ2n) is 12.6. The Morgan fingerprint density at radius 1 is 0.471 bits per heavy atom. The van der Waals surface area contributed by atoms with Gasteiger partial charge in [0.25, 0.3) is 0 Å². The molecule has 2 unspecified atom stereocenters. The van der Waals surface area contributed by atoms with Crippen molar-refractivity contribution in [3.8, 4) is 62.2 Å². The second kappa shape index (κ2) is 12.7. The van der Waals surface area contributed by atoms with Crippen LogP contribution in [0, 0.1) is 11.6 Å². The molecule has 6 heteroatoms. The van der Waals surface area contributed by atoms with Gasteiger partial charge in [-0.15, -0.1) is 0 Å². The number of fused-ring (bicyclic) bond motifs is 3. The molecule has 1 aliphatic carbocycles. The van der Waals surface area contributed by atoms with Crippen molar-refractivity contribution in [1.82, 2.24) is 15.0 Å². The molecule has 2 atom stereocenters. The highest BCUT2D eigenvalue weighted by atomic mass is 19.1. The third-order valence-electron chi connectivity index (χ3n) is 9.47. The first kappa shape index (κ1) is 30.5. The lowest BCUT2D eigenvalue weighted by Crippen LogP contribution is -2.23. The maximum atomic E-state index is 13.8. The van der Waals surface area contributed by atoms with Crippen LogP contribution in [-0.4, -0.2) is 21.1 Å². The average Bonchev–Trinajstić information content (AvgIpc) is 3.58. The van der Waals surface area contributed by atoms with Crippen LogP contribution in [0.1, 0.15) is 17.0 Å². The van der Waals surface area contributed by atoms with Crippen molar-refractivity contribution in [2.45, 2.75) is 12.0 Å². The van der Waals surface area contributed by atoms with Gasteiger partial charge in [0.2, 0.25) is 0 Å². The van der Waals surface area contributed by atoms with Crippen LogP contribution in [0.3, 0.4) is 0 Å². The minimum Gasteiger partial charge on any atom is -0.483 e. The average molecular weight is 666 g/mol. The fourth-order valence-electron chi connectivity index (χ4n) is 6.90. The van der Waals surface area contributed by atoms with E-state index in [2.05, 4.69) is 102 Å². The number of aromatic nitrogens is 3. The van der Waals surface area contributed by atoms with Crippen molar-refractivity contribution >= 4 is 5.57 Å². The summed E-state index contributed by atoms with van der Waals surface area (Å²) in [5, 5.41) is 0. The van der Waals surface area contributed by atoms with Crippen molar-refractivity contribution in [2.75, 3.05) is 0 Å². The minimum atomic E-state index is -0.349. The lowest BCUT2D eigenvalue weighted by Gasteiger charge is -2.25. The first-order chi connectivity index (χ1) is 25.1. The normalized spacial score (nSPS) is 15.8. The molecule has 51 heavy (non-hydrogen) atoms. The summed E-state index contributed by atoms with van der Waals surface area (Å²) in [4.78, 5) is 14.3. The van der Waals surface area contributed by atoms with E-state index in [-0.39, 0.29) is 23.7 Å². The number of halogens is 2. The van der Waals surface area contributed by atoms with E-state index >= 15 is 0 Å². The van der Waals surface area contributed by atoms with Gasteiger partial charge in [0.05, 0.1) is 0 Å². The molecule has 0 bridgehead atoms. The van der Waals surface area contributed by atoms with Crippen LogP contribution < -0.4 is 4.74 Å². The van der Waals surface area contributed by atoms with Crippen molar-refractivity contribution in [3.05, 3.63) is 187 Å². The van der Waals surface area contributed by atoms with Gasteiger partial charge < -0.3 is 4.74 Å². The van der Waals surface area contributed by atoms with E-state index in [1.54, 1.807) is 24.3 Å². The molecule has 0 radical (unpaired) electrons. The van der Waals surface area contributed by atoms with Gasteiger partial charge >= 0.3 is 0 Å². The Labute approximate surface area is 294 Å². The number of rotatable bonds is 6. The molecule has 0 amide bonds. The summed E-state index contributed by atoms with van der Waals surface area (Å²) >= 11 is 0. The summed E-state index contributed by atoms with van der Waals surface area (Å²) in [6, 6.07) is 45.6. The van der Waals surface area contributed by atoms with E-state index in [1.807, 2.05) is 18.2 Å². The third-order valence-corrected chi connectivity index (χ3v) is 9.47. The van der Waals surface area contributed by atoms with E-state index in [9.17, 15) is 8.78 Å². The van der Waals surface area contributed by atoms with Gasteiger partial charge in [-0.25, -0.2) is 23.7 Å². The Bertz CT molecular complexity index is 2390. The lowest BCUT2D eigenvalue weighted by atomic mass is 9.83. The molecule has 1 aromatic heterocycles. The zero-order chi connectivity index (χ0) is 34.3. The second-order valence-corrected chi connectivity index (χ2v) is 12.6. The van der Waals surface area contributed by atoms with Gasteiger partial charge in [-0.3, -0.25) is 0 Å². The number of allylic oxidation sites excluding steroid dienone is 2. The number of hydrogen-bond donors (Lipinski definition) is 0. The Morgan fingerprint density at radius 3 is 1.67 bits per heavy atom. The predicted octanol–water partition coefficient (Wildman–Crippen LogP) is 11.0. The smallest absolute Gasteiger partial charge is 0.164 e. The van der Waals surface area contributed by atoms with Crippen molar-refractivity contribution in [3.63, 3.8) is 0 Å². The van der Waals surface area contributed by atoms with Gasteiger partial charge in [-0.05, 0) is 76.9 Å². The third kappa shape index (κ3) is 5.81. The summed E-state index contributed by atoms with van der Waals surface area (Å²) in [6.07, 6.45) is 6.21. The SMILES string of the molecule is Fc1ccc(-c2nc(-c3ccc(F)cc3)nc(-c3cccc(C4C=CC=C5c6cccc(-c7ccc(-c8ccccc8)cc7)c6OC54)c3)n2)cc1. The molecule has 0 spiro atoms. The monoisotopic (exact) mass is 665 g/mol. The molecular formula is C45H29F2N3O. The quantitative estimate of drug-likeness (QED) is 0.177. The molecule has 0 fully saturated rings. The minimum absolute atomic E-state index is 0.0689. The number of benzene rings is 6. The molecule has 244 valence electrons. The molecule has 0 saturated heterocycles. The summed E-state index contributed by atoms with van der Waals surface area (Å²) in [5.41, 5.74) is 9.88. The van der Waals surface area contributed by atoms with E-state index in [4.69, 9.17) is 14.7 Å². The van der Waals surface area contributed by atoms with Crippen LogP contribution in [0.4, 0.5) is 8.78 Å². The van der Waals surface area contributed by atoms with Crippen molar-refractivity contribution in [2.24, 2.45) is 0 Å². The molecule has 2 aliphatic rings. The van der Waals surface area contributed by atoms with Crippen LogP contribution in [0.2, 0.25) is 0 Å². The molecule has 1 aliphatic heterocycles. The van der Waals surface area contributed by atoms with Gasteiger partial charge in [-0.1, -0.05) is 109 Å². The maximum absolute atomic E-state index is 13.8. The largest absolute Gasteiger partial charge is 0.483 e. The number of nitrogens with zero attached hydrogens (tertiary/aromatic N) is 3. The zero-order valence-electron chi connectivity index (χ0n) is 27.2. The number of para-hydroxylation sites is 1. The highest BCUT2D eigenvalue weighted by molar-refractivity contribution is 5.88. The Hall–Kier alpha value is -6.53.